The first-order chi connectivity index (χ1) is 11.5. The van der Waals surface area contributed by atoms with Crippen LogP contribution in [-0.2, 0) is 20.1 Å². The first-order valence-electron chi connectivity index (χ1n) is 7.94. The number of para-hydroxylation sites is 2. The van der Waals surface area contributed by atoms with Crippen LogP contribution >= 0.6 is 0 Å². The van der Waals surface area contributed by atoms with Crippen molar-refractivity contribution < 1.29 is 4.79 Å². The maximum absolute atomic E-state index is 12.4. The summed E-state index contributed by atoms with van der Waals surface area (Å²) in [6, 6.07) is 9.69. The molecule has 2 heterocycles. The zero-order valence-corrected chi connectivity index (χ0v) is 14.2. The maximum Gasteiger partial charge on any atom is 0.317 e. The van der Waals surface area contributed by atoms with Crippen LogP contribution in [0.3, 0.4) is 0 Å². The molecular formula is C17H22N6O. The molecule has 0 aliphatic heterocycles. The molecule has 0 bridgehead atoms. The highest BCUT2D eigenvalue weighted by atomic mass is 16.2. The highest BCUT2D eigenvalue weighted by molar-refractivity contribution is 5.76. The number of rotatable bonds is 5. The van der Waals surface area contributed by atoms with E-state index in [0.29, 0.717) is 13.1 Å². The molecule has 0 fully saturated rings. The molecule has 0 spiro atoms. The Morgan fingerprint density at radius 1 is 1.33 bits per heavy atom. The van der Waals surface area contributed by atoms with Crippen LogP contribution < -0.4 is 5.32 Å². The smallest absolute Gasteiger partial charge is 0.317 e. The zero-order valence-electron chi connectivity index (χ0n) is 14.2. The molecule has 1 N–H and O–H groups in total. The summed E-state index contributed by atoms with van der Waals surface area (Å²) in [5.41, 5.74) is 2.00. The number of fused-ring (bicyclic) bond motifs is 1. The molecule has 0 unspecified atom stereocenters. The lowest BCUT2D eigenvalue weighted by Gasteiger charge is -2.21. The number of nitrogens with zero attached hydrogens (tertiary/aromatic N) is 5. The lowest BCUT2D eigenvalue weighted by atomic mass is 10.3. The average Bonchev–Trinajstić information content (AvgIpc) is 3.16. The molecule has 24 heavy (non-hydrogen) atoms. The fraction of sp³-hybridized carbons (Fsp3) is 0.353. The van der Waals surface area contributed by atoms with Crippen LogP contribution in [0.2, 0.25) is 0 Å². The summed E-state index contributed by atoms with van der Waals surface area (Å²) >= 11 is 0. The molecule has 1 atom stereocenters. The van der Waals surface area contributed by atoms with E-state index < -0.39 is 0 Å². The zero-order chi connectivity index (χ0) is 17.1. The number of benzene rings is 1. The van der Waals surface area contributed by atoms with Gasteiger partial charge in [0.05, 0.1) is 24.1 Å². The number of aryl methyl sites for hydroxylation is 1. The van der Waals surface area contributed by atoms with Gasteiger partial charge in [0.25, 0.3) is 0 Å². The Morgan fingerprint density at radius 3 is 2.83 bits per heavy atom. The molecule has 0 radical (unpaired) electrons. The summed E-state index contributed by atoms with van der Waals surface area (Å²) in [5, 5.41) is 7.13. The number of aromatic nitrogens is 4. The minimum absolute atomic E-state index is 0.0136. The van der Waals surface area contributed by atoms with E-state index in [9.17, 15) is 4.79 Å². The molecular weight excluding hydrogens is 304 g/mol. The molecule has 0 saturated carbocycles. The first kappa shape index (κ1) is 16.0. The molecule has 0 saturated heterocycles. The van der Waals surface area contributed by atoms with Crippen molar-refractivity contribution in [2.75, 3.05) is 7.05 Å². The Hall–Kier alpha value is -2.83. The van der Waals surface area contributed by atoms with Crippen molar-refractivity contribution in [1.29, 1.82) is 0 Å². The summed E-state index contributed by atoms with van der Waals surface area (Å²) in [5.74, 6) is 0.855. The Labute approximate surface area is 140 Å². The third kappa shape index (κ3) is 3.40. The van der Waals surface area contributed by atoms with Gasteiger partial charge in [0.2, 0.25) is 0 Å². The summed E-state index contributed by atoms with van der Waals surface area (Å²) in [7, 11) is 3.74. The number of hydrogen-bond donors (Lipinski definition) is 1. The van der Waals surface area contributed by atoms with Gasteiger partial charge in [-0.05, 0) is 25.1 Å². The van der Waals surface area contributed by atoms with Gasteiger partial charge in [0.15, 0.2) is 0 Å². The highest BCUT2D eigenvalue weighted by Gasteiger charge is 2.16. The summed E-state index contributed by atoms with van der Waals surface area (Å²) in [6.07, 6.45) is 3.61. The monoisotopic (exact) mass is 326 g/mol. The molecule has 1 aromatic carbocycles. The van der Waals surface area contributed by atoms with E-state index in [1.807, 2.05) is 55.1 Å². The first-order valence-corrected chi connectivity index (χ1v) is 7.94. The number of hydrogen-bond acceptors (Lipinski definition) is 3. The van der Waals surface area contributed by atoms with Crippen molar-refractivity contribution in [3.05, 3.63) is 48.5 Å². The lowest BCUT2D eigenvalue weighted by Crippen LogP contribution is -2.43. The second-order valence-corrected chi connectivity index (χ2v) is 6.01. The largest absolute Gasteiger partial charge is 0.334 e. The van der Waals surface area contributed by atoms with E-state index in [2.05, 4.69) is 15.4 Å². The van der Waals surface area contributed by atoms with E-state index in [1.54, 1.807) is 22.8 Å². The highest BCUT2D eigenvalue weighted by Crippen LogP contribution is 2.15. The van der Waals surface area contributed by atoms with Crippen LogP contribution in [0.5, 0.6) is 0 Å². The van der Waals surface area contributed by atoms with Crippen molar-refractivity contribution >= 4 is 17.1 Å². The van der Waals surface area contributed by atoms with E-state index in [-0.39, 0.29) is 12.1 Å². The molecule has 2 amide bonds. The minimum Gasteiger partial charge on any atom is -0.334 e. The van der Waals surface area contributed by atoms with Gasteiger partial charge in [0.1, 0.15) is 5.82 Å². The van der Waals surface area contributed by atoms with Crippen molar-refractivity contribution in [3.8, 4) is 0 Å². The predicted molar refractivity (Wildman–Crippen MR) is 92.4 cm³/mol. The van der Waals surface area contributed by atoms with Gasteiger partial charge in [-0.2, -0.15) is 5.10 Å². The van der Waals surface area contributed by atoms with Crippen LogP contribution in [-0.4, -0.2) is 43.4 Å². The topological polar surface area (TPSA) is 68.0 Å². The normalized spacial score (nSPS) is 12.3. The van der Waals surface area contributed by atoms with Gasteiger partial charge < -0.3 is 14.8 Å². The third-order valence-electron chi connectivity index (χ3n) is 4.00. The average molecular weight is 326 g/mol. The fourth-order valence-electron chi connectivity index (χ4n) is 2.68. The van der Waals surface area contributed by atoms with Crippen molar-refractivity contribution in [3.63, 3.8) is 0 Å². The Kier molecular flexibility index (Phi) is 4.50. The molecule has 7 nitrogen and oxygen atoms in total. The van der Waals surface area contributed by atoms with E-state index in [1.165, 1.54) is 0 Å². The quantitative estimate of drug-likeness (QED) is 0.780. The Morgan fingerprint density at radius 2 is 2.12 bits per heavy atom. The minimum atomic E-state index is -0.123. The van der Waals surface area contributed by atoms with E-state index >= 15 is 0 Å². The SMILES string of the molecule is C[C@H](Cn1cccn1)NC(=O)N(C)Cc1nc2ccccc2n1C. The van der Waals surface area contributed by atoms with Crippen molar-refractivity contribution in [1.82, 2.24) is 29.5 Å². The number of carbonyl (C=O) groups is 1. The lowest BCUT2D eigenvalue weighted by molar-refractivity contribution is 0.200. The van der Waals surface area contributed by atoms with Crippen LogP contribution in [0.4, 0.5) is 4.79 Å². The van der Waals surface area contributed by atoms with Gasteiger partial charge in [-0.3, -0.25) is 4.68 Å². The molecule has 0 aliphatic carbocycles. The number of nitrogens with one attached hydrogen (secondary N) is 1. The van der Waals surface area contributed by atoms with Gasteiger partial charge >= 0.3 is 6.03 Å². The third-order valence-corrected chi connectivity index (χ3v) is 4.00. The summed E-state index contributed by atoms with van der Waals surface area (Å²) in [4.78, 5) is 18.6. The van der Waals surface area contributed by atoms with Crippen molar-refractivity contribution in [2.45, 2.75) is 26.1 Å². The number of imidazole rings is 1. The Balaban J connectivity index is 1.61. The van der Waals surface area contributed by atoms with Gasteiger partial charge in [0, 0.05) is 32.5 Å². The summed E-state index contributed by atoms with van der Waals surface area (Å²) in [6.45, 7) is 3.05. The van der Waals surface area contributed by atoms with Gasteiger partial charge in [-0.1, -0.05) is 12.1 Å². The molecule has 3 rings (SSSR count). The van der Waals surface area contributed by atoms with Gasteiger partial charge in [-0.15, -0.1) is 0 Å². The predicted octanol–water partition coefficient (Wildman–Crippen LogP) is 2.00. The molecule has 126 valence electrons. The number of carbonyl (C=O) groups excluding carboxylic acids is 1. The second-order valence-electron chi connectivity index (χ2n) is 6.01. The number of amides is 2. The van der Waals surface area contributed by atoms with Gasteiger partial charge in [-0.25, -0.2) is 9.78 Å². The van der Waals surface area contributed by atoms with Crippen molar-refractivity contribution in [2.24, 2.45) is 7.05 Å². The Bertz CT molecular complexity index is 823. The second kappa shape index (κ2) is 6.74. The molecule has 3 aromatic rings. The molecule has 0 aliphatic rings. The van der Waals surface area contributed by atoms with Crippen LogP contribution in [0, 0.1) is 0 Å². The van der Waals surface area contributed by atoms with Crippen LogP contribution in [0.15, 0.2) is 42.7 Å². The van der Waals surface area contributed by atoms with Crippen LogP contribution in [0.1, 0.15) is 12.7 Å². The molecule has 7 heteroatoms. The summed E-state index contributed by atoms with van der Waals surface area (Å²) < 4.78 is 3.82. The maximum atomic E-state index is 12.4. The standard InChI is InChI=1S/C17H22N6O/c1-13(11-23-10-6-9-18-23)19-17(24)21(2)12-16-20-14-7-4-5-8-15(14)22(16)3/h4-10,13H,11-12H2,1-3H3,(H,19,24)/t13-/m1/s1. The number of urea groups is 1. The molecule has 2 aromatic heterocycles. The fourth-order valence-corrected chi connectivity index (χ4v) is 2.68. The van der Waals surface area contributed by atoms with Crippen LogP contribution in [0.25, 0.3) is 11.0 Å². The van der Waals surface area contributed by atoms with E-state index in [0.717, 1.165) is 16.9 Å². The van der Waals surface area contributed by atoms with E-state index in [4.69, 9.17) is 0 Å².